The van der Waals surface area contributed by atoms with Crippen molar-refractivity contribution in [3.8, 4) is 0 Å². The fourth-order valence-corrected chi connectivity index (χ4v) is 4.65. The van der Waals surface area contributed by atoms with Gasteiger partial charge in [0.25, 0.3) is 0 Å². The number of nitrogen functional groups attached to an aromatic ring is 2. The molecular weight excluding hydrogens is 438 g/mol. The molecule has 0 unspecified atom stereocenters. The van der Waals surface area contributed by atoms with Gasteiger partial charge in [-0.1, -0.05) is 91.0 Å². The first-order valence-electron chi connectivity index (χ1n) is 12.1. The van der Waals surface area contributed by atoms with Crippen LogP contribution in [0.3, 0.4) is 0 Å². The number of para-hydroxylation sites is 2. The summed E-state index contributed by atoms with van der Waals surface area (Å²) in [6, 6.07) is 43.2. The SMILES string of the molecule is Cc1c2ccccc2nc2ccccc12.Nc1ccc(C(c2ccccc2)c2ccc(N)cc2)cc1. The minimum Gasteiger partial charge on any atom is -0.399 e. The number of rotatable bonds is 3. The fraction of sp³-hybridized carbons (Fsp3) is 0.0606. The summed E-state index contributed by atoms with van der Waals surface area (Å²) < 4.78 is 0. The molecule has 36 heavy (non-hydrogen) atoms. The largest absolute Gasteiger partial charge is 0.399 e. The van der Waals surface area contributed by atoms with Crippen LogP contribution < -0.4 is 11.5 Å². The molecule has 6 rings (SSSR count). The predicted octanol–water partition coefficient (Wildman–Crippen LogP) is 7.73. The molecule has 0 saturated carbocycles. The van der Waals surface area contributed by atoms with Gasteiger partial charge in [0, 0.05) is 28.1 Å². The summed E-state index contributed by atoms with van der Waals surface area (Å²) in [5.74, 6) is 0.187. The smallest absolute Gasteiger partial charge is 0.0712 e. The second kappa shape index (κ2) is 10.3. The molecule has 0 amide bonds. The van der Waals surface area contributed by atoms with Crippen molar-refractivity contribution in [2.24, 2.45) is 0 Å². The van der Waals surface area contributed by atoms with E-state index in [1.807, 2.05) is 42.5 Å². The van der Waals surface area contributed by atoms with Crippen LogP contribution in [-0.2, 0) is 0 Å². The molecule has 0 aliphatic rings. The standard InChI is InChI=1S/C19H18N2.C14H11N/c20-17-10-6-15(7-11-17)19(14-4-2-1-3-5-14)16-8-12-18(21)13-9-16;1-10-11-6-2-4-8-13(11)15-14-9-5-3-7-12(10)14/h1-13,19H,20-21H2;2-9H,1H3. The molecule has 0 aliphatic heterocycles. The monoisotopic (exact) mass is 467 g/mol. The number of fused-ring (bicyclic) bond motifs is 2. The quantitative estimate of drug-likeness (QED) is 0.159. The summed E-state index contributed by atoms with van der Waals surface area (Å²) in [5.41, 5.74) is 20.3. The second-order valence-electron chi connectivity index (χ2n) is 8.95. The normalized spacial score (nSPS) is 10.8. The highest BCUT2D eigenvalue weighted by molar-refractivity contribution is 5.96. The lowest BCUT2D eigenvalue weighted by atomic mass is 9.85. The molecule has 0 radical (unpaired) electrons. The maximum Gasteiger partial charge on any atom is 0.0712 e. The topological polar surface area (TPSA) is 64.9 Å². The summed E-state index contributed by atoms with van der Waals surface area (Å²) in [7, 11) is 0. The van der Waals surface area contributed by atoms with Gasteiger partial charge in [-0.2, -0.15) is 0 Å². The van der Waals surface area contributed by atoms with Crippen LogP contribution >= 0.6 is 0 Å². The van der Waals surface area contributed by atoms with Gasteiger partial charge in [-0.3, -0.25) is 0 Å². The van der Waals surface area contributed by atoms with E-state index in [1.54, 1.807) is 0 Å². The van der Waals surface area contributed by atoms with Crippen LogP contribution in [0.4, 0.5) is 11.4 Å². The number of hydrogen-bond acceptors (Lipinski definition) is 3. The molecule has 4 N–H and O–H groups in total. The van der Waals surface area contributed by atoms with Gasteiger partial charge in [0.15, 0.2) is 0 Å². The summed E-state index contributed by atoms with van der Waals surface area (Å²) in [6.45, 7) is 2.16. The molecule has 3 heteroatoms. The van der Waals surface area contributed by atoms with Crippen molar-refractivity contribution in [3.05, 3.63) is 150 Å². The number of aromatic nitrogens is 1. The number of anilines is 2. The Hall–Kier alpha value is -4.63. The lowest BCUT2D eigenvalue weighted by Gasteiger charge is -2.19. The first kappa shape index (κ1) is 23.1. The minimum atomic E-state index is 0.187. The molecule has 6 aromatic rings. The van der Waals surface area contributed by atoms with Crippen molar-refractivity contribution in [2.45, 2.75) is 12.8 Å². The van der Waals surface area contributed by atoms with E-state index >= 15 is 0 Å². The third-order valence-corrected chi connectivity index (χ3v) is 6.53. The first-order chi connectivity index (χ1) is 17.6. The molecule has 0 saturated heterocycles. The van der Waals surface area contributed by atoms with E-state index < -0.39 is 0 Å². The number of hydrogen-bond donors (Lipinski definition) is 2. The minimum absolute atomic E-state index is 0.187. The third kappa shape index (κ3) is 4.91. The lowest BCUT2D eigenvalue weighted by molar-refractivity contribution is 0.978. The average molecular weight is 468 g/mol. The number of benzene rings is 5. The van der Waals surface area contributed by atoms with Gasteiger partial charge < -0.3 is 11.5 Å². The Morgan fingerprint density at radius 3 is 1.33 bits per heavy atom. The van der Waals surface area contributed by atoms with E-state index in [-0.39, 0.29) is 5.92 Å². The molecule has 176 valence electrons. The highest BCUT2D eigenvalue weighted by atomic mass is 14.7. The fourth-order valence-electron chi connectivity index (χ4n) is 4.65. The van der Waals surface area contributed by atoms with Gasteiger partial charge in [-0.05, 0) is 65.6 Å². The Kier molecular flexibility index (Phi) is 6.63. The Bertz CT molecular complexity index is 1490. The van der Waals surface area contributed by atoms with Crippen LogP contribution in [0.5, 0.6) is 0 Å². The zero-order valence-corrected chi connectivity index (χ0v) is 20.3. The maximum absolute atomic E-state index is 5.81. The van der Waals surface area contributed by atoms with E-state index in [2.05, 4.69) is 96.8 Å². The van der Waals surface area contributed by atoms with Gasteiger partial charge in [0.05, 0.1) is 11.0 Å². The second-order valence-corrected chi connectivity index (χ2v) is 8.95. The Balaban J connectivity index is 0.000000156. The van der Waals surface area contributed by atoms with Crippen molar-refractivity contribution < 1.29 is 0 Å². The number of pyridine rings is 1. The van der Waals surface area contributed by atoms with E-state index in [9.17, 15) is 0 Å². The zero-order chi connectivity index (χ0) is 24.9. The van der Waals surface area contributed by atoms with Crippen LogP contribution in [-0.4, -0.2) is 4.98 Å². The highest BCUT2D eigenvalue weighted by Gasteiger charge is 2.16. The van der Waals surface area contributed by atoms with Crippen molar-refractivity contribution in [1.82, 2.24) is 4.98 Å². The summed E-state index contributed by atoms with van der Waals surface area (Å²) in [6.07, 6.45) is 0. The molecule has 3 nitrogen and oxygen atoms in total. The Morgan fingerprint density at radius 1 is 0.472 bits per heavy atom. The molecule has 0 atom stereocenters. The molecule has 0 aliphatic carbocycles. The van der Waals surface area contributed by atoms with Crippen molar-refractivity contribution in [2.75, 3.05) is 11.5 Å². The van der Waals surface area contributed by atoms with Crippen LogP contribution in [0.25, 0.3) is 21.8 Å². The van der Waals surface area contributed by atoms with Crippen LogP contribution in [0.2, 0.25) is 0 Å². The van der Waals surface area contributed by atoms with Gasteiger partial charge in [0.2, 0.25) is 0 Å². The van der Waals surface area contributed by atoms with Crippen molar-refractivity contribution in [1.29, 1.82) is 0 Å². The zero-order valence-electron chi connectivity index (χ0n) is 20.3. The van der Waals surface area contributed by atoms with Gasteiger partial charge in [-0.15, -0.1) is 0 Å². The third-order valence-electron chi connectivity index (χ3n) is 6.53. The van der Waals surface area contributed by atoms with E-state index in [0.29, 0.717) is 0 Å². The summed E-state index contributed by atoms with van der Waals surface area (Å²) >= 11 is 0. The Morgan fingerprint density at radius 2 is 0.861 bits per heavy atom. The number of aryl methyl sites for hydroxylation is 1. The molecule has 0 fully saturated rings. The van der Waals surface area contributed by atoms with Crippen LogP contribution in [0.1, 0.15) is 28.2 Å². The van der Waals surface area contributed by atoms with Crippen molar-refractivity contribution in [3.63, 3.8) is 0 Å². The van der Waals surface area contributed by atoms with Gasteiger partial charge in [0.1, 0.15) is 0 Å². The first-order valence-corrected chi connectivity index (χ1v) is 12.1. The van der Waals surface area contributed by atoms with Crippen LogP contribution in [0.15, 0.2) is 127 Å². The Labute approximate surface area is 212 Å². The number of nitrogens with two attached hydrogens (primary N) is 2. The summed E-state index contributed by atoms with van der Waals surface area (Å²) in [5, 5.41) is 2.49. The van der Waals surface area contributed by atoms with E-state index in [0.717, 1.165) is 22.4 Å². The molecule has 5 aromatic carbocycles. The maximum atomic E-state index is 5.81. The van der Waals surface area contributed by atoms with Crippen LogP contribution in [0, 0.1) is 6.92 Å². The van der Waals surface area contributed by atoms with E-state index in [4.69, 9.17) is 11.5 Å². The highest BCUT2D eigenvalue weighted by Crippen LogP contribution is 2.32. The summed E-state index contributed by atoms with van der Waals surface area (Å²) in [4.78, 5) is 4.64. The molecular formula is C33H29N3. The predicted molar refractivity (Wildman–Crippen MR) is 153 cm³/mol. The number of nitrogens with zero attached hydrogens (tertiary/aromatic N) is 1. The van der Waals surface area contributed by atoms with E-state index in [1.165, 1.54) is 33.0 Å². The van der Waals surface area contributed by atoms with Crippen molar-refractivity contribution >= 4 is 33.2 Å². The molecule has 1 aromatic heterocycles. The van der Waals surface area contributed by atoms with Gasteiger partial charge >= 0.3 is 0 Å². The molecule has 1 heterocycles. The average Bonchev–Trinajstić information content (AvgIpc) is 2.92. The lowest BCUT2D eigenvalue weighted by Crippen LogP contribution is -2.03. The molecule has 0 bridgehead atoms. The molecule has 0 spiro atoms. The van der Waals surface area contributed by atoms with Gasteiger partial charge in [-0.25, -0.2) is 4.98 Å².